The zero-order chi connectivity index (χ0) is 21.7. The number of fused-ring (bicyclic) bond motifs is 1. The van der Waals surface area contributed by atoms with Gasteiger partial charge in [0.15, 0.2) is 5.89 Å². The van der Waals surface area contributed by atoms with Gasteiger partial charge in [0.05, 0.1) is 23.4 Å². The van der Waals surface area contributed by atoms with Crippen LogP contribution in [0.2, 0.25) is 0 Å². The van der Waals surface area contributed by atoms with Gasteiger partial charge in [-0.25, -0.2) is 9.97 Å². The molecule has 0 atom stereocenters. The van der Waals surface area contributed by atoms with Gasteiger partial charge in [-0.3, -0.25) is 4.79 Å². The highest BCUT2D eigenvalue weighted by Gasteiger charge is 2.50. The van der Waals surface area contributed by atoms with Crippen molar-refractivity contribution in [1.82, 2.24) is 15.3 Å². The van der Waals surface area contributed by atoms with Gasteiger partial charge in [-0.1, -0.05) is 24.3 Å². The first-order chi connectivity index (χ1) is 15.6. The molecule has 1 N–H and O–H groups in total. The number of thiophene rings is 1. The molecule has 3 aromatic heterocycles. The minimum atomic E-state index is -0.0869. The van der Waals surface area contributed by atoms with Gasteiger partial charge in [-0.2, -0.15) is 0 Å². The molecular formula is C25H23N3O3S. The maximum absolute atomic E-state index is 12.9. The number of carbonyl (C=O) groups is 1. The molecule has 162 valence electrons. The molecule has 0 bridgehead atoms. The molecule has 7 heteroatoms. The number of nitrogens with one attached hydrogen (secondary N) is 1. The third kappa shape index (κ3) is 3.51. The first kappa shape index (κ1) is 19.6. The molecule has 1 aromatic carbocycles. The van der Waals surface area contributed by atoms with E-state index in [0.717, 1.165) is 59.5 Å². The van der Waals surface area contributed by atoms with Crippen LogP contribution in [0, 0.1) is 12.3 Å². The fourth-order valence-electron chi connectivity index (χ4n) is 4.75. The highest BCUT2D eigenvalue weighted by Crippen LogP contribution is 2.46. The van der Waals surface area contributed by atoms with E-state index >= 15 is 0 Å². The molecule has 2 fully saturated rings. The van der Waals surface area contributed by atoms with Crippen LogP contribution in [-0.4, -0.2) is 35.1 Å². The molecule has 32 heavy (non-hydrogen) atoms. The summed E-state index contributed by atoms with van der Waals surface area (Å²) in [6.45, 7) is 3.50. The van der Waals surface area contributed by atoms with E-state index in [9.17, 15) is 4.79 Å². The number of pyridine rings is 1. The molecule has 1 saturated carbocycles. The molecule has 6 rings (SSSR count). The quantitative estimate of drug-likeness (QED) is 0.479. The van der Waals surface area contributed by atoms with Crippen molar-refractivity contribution in [2.24, 2.45) is 5.41 Å². The summed E-state index contributed by atoms with van der Waals surface area (Å²) < 4.78 is 11.8. The van der Waals surface area contributed by atoms with Crippen LogP contribution in [0.1, 0.15) is 40.3 Å². The average Bonchev–Trinajstić information content (AvgIpc) is 3.38. The number of aryl methyl sites for hydroxylation is 1. The second-order valence-electron chi connectivity index (χ2n) is 9.00. The summed E-state index contributed by atoms with van der Waals surface area (Å²) in [5.41, 5.74) is 5.85. The summed E-state index contributed by atoms with van der Waals surface area (Å²) in [5, 5.41) is 5.20. The van der Waals surface area contributed by atoms with Crippen molar-refractivity contribution in [1.29, 1.82) is 0 Å². The largest absolute Gasteiger partial charge is 0.449 e. The number of hydrogen-bond donors (Lipinski definition) is 1. The van der Waals surface area contributed by atoms with E-state index in [-0.39, 0.29) is 11.9 Å². The Morgan fingerprint density at radius 3 is 2.69 bits per heavy atom. The Morgan fingerprint density at radius 1 is 1.19 bits per heavy atom. The van der Waals surface area contributed by atoms with E-state index in [1.165, 1.54) is 5.56 Å². The summed E-state index contributed by atoms with van der Waals surface area (Å²) in [6, 6.07) is 12.5. The van der Waals surface area contributed by atoms with Crippen molar-refractivity contribution in [2.75, 3.05) is 13.2 Å². The number of rotatable bonds is 5. The number of oxazole rings is 1. The molecule has 2 aliphatic rings. The lowest BCUT2D eigenvalue weighted by Gasteiger charge is -2.53. The van der Waals surface area contributed by atoms with E-state index in [2.05, 4.69) is 39.6 Å². The first-order valence-corrected chi connectivity index (χ1v) is 11.7. The van der Waals surface area contributed by atoms with E-state index < -0.39 is 0 Å². The van der Waals surface area contributed by atoms with Gasteiger partial charge in [0.1, 0.15) is 17.7 Å². The van der Waals surface area contributed by atoms with E-state index in [1.54, 1.807) is 17.6 Å². The minimum Gasteiger partial charge on any atom is -0.449 e. The topological polar surface area (TPSA) is 77.2 Å². The Balaban J connectivity index is 1.22. The predicted molar refractivity (Wildman–Crippen MR) is 123 cm³/mol. The average molecular weight is 446 g/mol. The van der Waals surface area contributed by atoms with Crippen molar-refractivity contribution in [3.05, 3.63) is 70.8 Å². The van der Waals surface area contributed by atoms with Gasteiger partial charge in [-0.15, -0.1) is 11.3 Å². The number of amides is 1. The van der Waals surface area contributed by atoms with Crippen molar-refractivity contribution < 1.29 is 13.9 Å². The number of benzene rings is 1. The normalized spacial score (nSPS) is 17.3. The molecule has 0 radical (unpaired) electrons. The second kappa shape index (κ2) is 7.53. The van der Waals surface area contributed by atoms with Crippen LogP contribution in [0.15, 0.2) is 52.5 Å². The molecule has 1 aliphatic heterocycles. The van der Waals surface area contributed by atoms with Crippen molar-refractivity contribution in [2.45, 2.75) is 32.2 Å². The maximum Gasteiger partial charge on any atom is 0.270 e. The minimum absolute atomic E-state index is 0.0869. The summed E-state index contributed by atoms with van der Waals surface area (Å²) in [5.74, 6) is 0.570. The number of ether oxygens (including phenoxy) is 1. The van der Waals surface area contributed by atoms with E-state index in [4.69, 9.17) is 9.15 Å². The number of nitrogens with zero attached hydrogens (tertiary/aromatic N) is 2. The third-order valence-electron chi connectivity index (χ3n) is 6.49. The highest BCUT2D eigenvalue weighted by molar-refractivity contribution is 7.17. The second-order valence-corrected chi connectivity index (χ2v) is 9.91. The lowest BCUT2D eigenvalue weighted by molar-refractivity contribution is -0.165. The lowest BCUT2D eigenvalue weighted by atomic mass is 9.64. The zero-order valence-corrected chi connectivity index (χ0v) is 18.6. The summed E-state index contributed by atoms with van der Waals surface area (Å²) in [7, 11) is 0. The summed E-state index contributed by atoms with van der Waals surface area (Å²) in [4.78, 5) is 21.9. The number of carbonyl (C=O) groups excluding carboxylic acids is 1. The fraction of sp³-hybridized carbons (Fsp3) is 0.320. The Labute approximate surface area is 189 Å². The van der Waals surface area contributed by atoms with Crippen molar-refractivity contribution >= 4 is 27.5 Å². The van der Waals surface area contributed by atoms with Gasteiger partial charge in [-0.05, 0) is 47.9 Å². The Morgan fingerprint density at radius 2 is 2.00 bits per heavy atom. The van der Waals surface area contributed by atoms with Gasteiger partial charge in [0.25, 0.3) is 5.91 Å². The fourth-order valence-corrected chi connectivity index (χ4v) is 5.60. The molecule has 1 spiro atoms. The van der Waals surface area contributed by atoms with Crippen LogP contribution in [0.4, 0.5) is 0 Å². The summed E-state index contributed by atoms with van der Waals surface area (Å²) in [6.07, 6.45) is 4.42. The predicted octanol–water partition coefficient (Wildman–Crippen LogP) is 4.76. The molecule has 4 heterocycles. The molecular weight excluding hydrogens is 422 g/mol. The SMILES string of the molecule is Cc1nc(-c2ccc(Cc3cc(C(=O)NC4CC5(COC5)C4)nc4ccsc34)cc2)co1. The summed E-state index contributed by atoms with van der Waals surface area (Å²) >= 11 is 1.67. The Hall–Kier alpha value is -3.03. The Bertz CT molecular complexity index is 1300. The van der Waals surface area contributed by atoms with Crippen LogP contribution < -0.4 is 5.32 Å². The van der Waals surface area contributed by atoms with E-state index in [1.807, 2.05) is 24.4 Å². The number of aromatic nitrogens is 2. The van der Waals surface area contributed by atoms with Crippen LogP contribution in [0.3, 0.4) is 0 Å². The maximum atomic E-state index is 12.9. The van der Waals surface area contributed by atoms with E-state index in [0.29, 0.717) is 17.0 Å². The third-order valence-corrected chi connectivity index (χ3v) is 7.47. The molecule has 4 aromatic rings. The standard InChI is InChI=1S/C25H23N3O3S/c1-15-26-22(12-31-15)17-4-2-16(3-5-17)8-18-9-21(28-20-6-7-32-23(18)20)24(29)27-19-10-25(11-19)13-30-14-25/h2-7,9,12,19H,8,10-11,13-14H2,1H3,(H,27,29). The van der Waals surface area contributed by atoms with Crippen LogP contribution in [-0.2, 0) is 11.2 Å². The van der Waals surface area contributed by atoms with Gasteiger partial charge in [0.2, 0.25) is 0 Å². The van der Waals surface area contributed by atoms with Gasteiger partial charge in [0, 0.05) is 23.9 Å². The molecule has 1 amide bonds. The molecule has 1 saturated heterocycles. The van der Waals surface area contributed by atoms with Gasteiger partial charge < -0.3 is 14.5 Å². The zero-order valence-electron chi connectivity index (χ0n) is 17.8. The molecule has 1 aliphatic carbocycles. The van der Waals surface area contributed by atoms with Gasteiger partial charge >= 0.3 is 0 Å². The monoisotopic (exact) mass is 445 g/mol. The molecule has 6 nitrogen and oxygen atoms in total. The van der Waals surface area contributed by atoms with Crippen LogP contribution >= 0.6 is 11.3 Å². The van der Waals surface area contributed by atoms with Crippen LogP contribution in [0.25, 0.3) is 21.5 Å². The first-order valence-electron chi connectivity index (χ1n) is 10.8. The van der Waals surface area contributed by atoms with Crippen molar-refractivity contribution in [3.63, 3.8) is 0 Å². The Kier molecular flexibility index (Phi) is 4.62. The molecule has 0 unspecified atom stereocenters. The smallest absolute Gasteiger partial charge is 0.270 e. The van der Waals surface area contributed by atoms with Crippen molar-refractivity contribution in [3.8, 4) is 11.3 Å². The number of hydrogen-bond acceptors (Lipinski definition) is 6. The van der Waals surface area contributed by atoms with Crippen LogP contribution in [0.5, 0.6) is 0 Å². The highest BCUT2D eigenvalue weighted by atomic mass is 32.1. The lowest BCUT2D eigenvalue weighted by Crippen LogP contribution is -2.59.